The minimum absolute atomic E-state index is 0.144. The fourth-order valence-corrected chi connectivity index (χ4v) is 3.17. The molecule has 1 amide bonds. The van der Waals surface area contributed by atoms with E-state index in [1.165, 1.54) is 18.4 Å². The van der Waals surface area contributed by atoms with Gasteiger partial charge in [0.15, 0.2) is 0 Å². The standard InChI is InChI=1S/C15H26N2O/c1-12(2)9-16-7-5-15(6-8-16)10-17(11-15)14(18)13(3)4/h13H,1,5-11H2,2-4H3. The van der Waals surface area contributed by atoms with Crippen molar-refractivity contribution in [3.8, 4) is 0 Å². The fraction of sp³-hybridized carbons (Fsp3) is 0.800. The number of hydrogen-bond acceptors (Lipinski definition) is 2. The van der Waals surface area contributed by atoms with E-state index in [1.807, 2.05) is 18.7 Å². The van der Waals surface area contributed by atoms with Gasteiger partial charge in [-0.15, -0.1) is 0 Å². The average molecular weight is 250 g/mol. The van der Waals surface area contributed by atoms with Gasteiger partial charge in [0.2, 0.25) is 5.91 Å². The quantitative estimate of drug-likeness (QED) is 0.717. The molecule has 0 radical (unpaired) electrons. The van der Waals surface area contributed by atoms with Gasteiger partial charge in [-0.2, -0.15) is 0 Å². The van der Waals surface area contributed by atoms with E-state index < -0.39 is 0 Å². The molecule has 0 aromatic rings. The van der Waals surface area contributed by atoms with Crippen LogP contribution >= 0.6 is 0 Å². The summed E-state index contributed by atoms with van der Waals surface area (Å²) in [6, 6.07) is 0. The molecule has 0 saturated carbocycles. The van der Waals surface area contributed by atoms with Gasteiger partial charge in [-0.1, -0.05) is 26.0 Å². The van der Waals surface area contributed by atoms with Crippen LogP contribution in [0.4, 0.5) is 0 Å². The van der Waals surface area contributed by atoms with E-state index in [0.717, 1.165) is 32.7 Å². The van der Waals surface area contributed by atoms with Crippen LogP contribution < -0.4 is 0 Å². The highest BCUT2D eigenvalue weighted by Crippen LogP contribution is 2.40. The van der Waals surface area contributed by atoms with Crippen LogP contribution in [0.2, 0.25) is 0 Å². The Hall–Kier alpha value is -0.830. The normalized spacial score (nSPS) is 23.2. The second kappa shape index (κ2) is 5.04. The molecule has 2 aliphatic rings. The Morgan fingerprint density at radius 1 is 1.28 bits per heavy atom. The smallest absolute Gasteiger partial charge is 0.225 e. The van der Waals surface area contributed by atoms with Gasteiger partial charge in [0.25, 0.3) is 0 Å². The summed E-state index contributed by atoms with van der Waals surface area (Å²) in [6.45, 7) is 15.4. The zero-order valence-corrected chi connectivity index (χ0v) is 12.0. The maximum Gasteiger partial charge on any atom is 0.225 e. The molecule has 0 atom stereocenters. The lowest BCUT2D eigenvalue weighted by atomic mass is 9.71. The fourth-order valence-electron chi connectivity index (χ4n) is 3.17. The Morgan fingerprint density at radius 2 is 1.83 bits per heavy atom. The van der Waals surface area contributed by atoms with Crippen LogP contribution in [-0.4, -0.2) is 48.4 Å². The molecular formula is C15H26N2O. The molecule has 0 N–H and O–H groups in total. The monoisotopic (exact) mass is 250 g/mol. The van der Waals surface area contributed by atoms with E-state index >= 15 is 0 Å². The summed E-state index contributed by atoms with van der Waals surface area (Å²) >= 11 is 0. The SMILES string of the molecule is C=C(C)CN1CCC2(CC1)CN(C(=O)C(C)C)C2. The first-order chi connectivity index (χ1) is 8.42. The van der Waals surface area contributed by atoms with Gasteiger partial charge >= 0.3 is 0 Å². The summed E-state index contributed by atoms with van der Waals surface area (Å²) in [7, 11) is 0. The molecule has 0 unspecified atom stereocenters. The van der Waals surface area contributed by atoms with Crippen LogP contribution in [-0.2, 0) is 4.79 Å². The summed E-state index contributed by atoms with van der Waals surface area (Å²) in [5.74, 6) is 0.468. The highest BCUT2D eigenvalue weighted by molar-refractivity contribution is 5.79. The predicted molar refractivity (Wildman–Crippen MR) is 74.3 cm³/mol. The van der Waals surface area contributed by atoms with E-state index in [-0.39, 0.29) is 5.92 Å². The predicted octanol–water partition coefficient (Wildman–Crippen LogP) is 2.14. The number of hydrogen-bond donors (Lipinski definition) is 0. The van der Waals surface area contributed by atoms with Gasteiger partial charge in [-0.3, -0.25) is 9.69 Å². The Bertz CT molecular complexity index is 332. The maximum atomic E-state index is 11.9. The van der Waals surface area contributed by atoms with Gasteiger partial charge < -0.3 is 4.90 Å². The zero-order chi connectivity index (χ0) is 13.3. The van der Waals surface area contributed by atoms with Crippen molar-refractivity contribution in [2.75, 3.05) is 32.7 Å². The summed E-state index contributed by atoms with van der Waals surface area (Å²) in [5, 5.41) is 0. The second-order valence-electron chi connectivity index (χ2n) is 6.58. The van der Waals surface area contributed by atoms with E-state index in [0.29, 0.717) is 11.3 Å². The number of amides is 1. The van der Waals surface area contributed by atoms with E-state index in [1.54, 1.807) is 0 Å². The molecule has 0 aliphatic carbocycles. The van der Waals surface area contributed by atoms with Crippen molar-refractivity contribution in [1.82, 2.24) is 9.80 Å². The van der Waals surface area contributed by atoms with Crippen molar-refractivity contribution in [1.29, 1.82) is 0 Å². The van der Waals surface area contributed by atoms with Crippen LogP contribution in [0, 0.1) is 11.3 Å². The van der Waals surface area contributed by atoms with Gasteiger partial charge in [-0.25, -0.2) is 0 Å². The number of piperidine rings is 1. The highest BCUT2D eigenvalue weighted by atomic mass is 16.2. The molecule has 0 aromatic heterocycles. The molecule has 18 heavy (non-hydrogen) atoms. The molecular weight excluding hydrogens is 224 g/mol. The first-order valence-corrected chi connectivity index (χ1v) is 7.07. The molecule has 0 bridgehead atoms. The number of likely N-dealkylation sites (tertiary alicyclic amines) is 2. The van der Waals surface area contributed by atoms with E-state index in [4.69, 9.17) is 0 Å². The van der Waals surface area contributed by atoms with Crippen molar-refractivity contribution in [2.24, 2.45) is 11.3 Å². The molecule has 2 saturated heterocycles. The van der Waals surface area contributed by atoms with Crippen LogP contribution in [0.25, 0.3) is 0 Å². The number of carbonyl (C=O) groups excluding carboxylic acids is 1. The minimum Gasteiger partial charge on any atom is -0.341 e. The first kappa shape index (κ1) is 13.6. The molecule has 2 aliphatic heterocycles. The number of carbonyl (C=O) groups is 1. The summed E-state index contributed by atoms with van der Waals surface area (Å²) < 4.78 is 0. The number of nitrogens with zero attached hydrogens (tertiary/aromatic N) is 2. The molecule has 2 heterocycles. The maximum absolute atomic E-state index is 11.9. The molecule has 2 fully saturated rings. The Kier molecular flexibility index (Phi) is 3.81. The van der Waals surface area contributed by atoms with Gasteiger partial charge in [-0.05, 0) is 32.9 Å². The molecule has 3 nitrogen and oxygen atoms in total. The molecule has 1 spiro atoms. The average Bonchev–Trinajstić information content (AvgIpc) is 2.25. The summed E-state index contributed by atoms with van der Waals surface area (Å²) in [5.41, 5.74) is 1.69. The van der Waals surface area contributed by atoms with Crippen LogP contribution in [0.15, 0.2) is 12.2 Å². The topological polar surface area (TPSA) is 23.6 Å². The Balaban J connectivity index is 1.78. The third kappa shape index (κ3) is 2.77. The first-order valence-electron chi connectivity index (χ1n) is 7.07. The van der Waals surface area contributed by atoms with Crippen molar-refractivity contribution >= 4 is 5.91 Å². The number of rotatable bonds is 3. The van der Waals surface area contributed by atoms with Crippen molar-refractivity contribution < 1.29 is 4.79 Å². The Labute approximate surface area is 111 Å². The van der Waals surface area contributed by atoms with E-state index in [9.17, 15) is 4.79 Å². The van der Waals surface area contributed by atoms with Gasteiger partial charge in [0, 0.05) is 31.0 Å². The molecule has 3 heteroatoms. The van der Waals surface area contributed by atoms with Gasteiger partial charge in [0.05, 0.1) is 0 Å². The third-order valence-corrected chi connectivity index (χ3v) is 4.27. The van der Waals surface area contributed by atoms with Crippen molar-refractivity contribution in [3.05, 3.63) is 12.2 Å². The Morgan fingerprint density at radius 3 is 2.28 bits per heavy atom. The van der Waals surface area contributed by atoms with Crippen LogP contribution in [0.1, 0.15) is 33.6 Å². The summed E-state index contributed by atoms with van der Waals surface area (Å²) in [6.07, 6.45) is 2.48. The van der Waals surface area contributed by atoms with E-state index in [2.05, 4.69) is 18.4 Å². The summed E-state index contributed by atoms with van der Waals surface area (Å²) in [4.78, 5) is 16.4. The second-order valence-corrected chi connectivity index (χ2v) is 6.58. The lowest BCUT2D eigenvalue weighted by Gasteiger charge is -2.54. The molecule has 0 aromatic carbocycles. The minimum atomic E-state index is 0.144. The highest BCUT2D eigenvalue weighted by Gasteiger charge is 2.46. The zero-order valence-electron chi connectivity index (χ0n) is 12.0. The van der Waals surface area contributed by atoms with Crippen LogP contribution in [0.5, 0.6) is 0 Å². The van der Waals surface area contributed by atoms with Crippen molar-refractivity contribution in [3.63, 3.8) is 0 Å². The van der Waals surface area contributed by atoms with Crippen LogP contribution in [0.3, 0.4) is 0 Å². The third-order valence-electron chi connectivity index (χ3n) is 4.27. The lowest BCUT2D eigenvalue weighted by molar-refractivity contribution is -0.150. The van der Waals surface area contributed by atoms with Crippen molar-refractivity contribution in [2.45, 2.75) is 33.6 Å². The molecule has 102 valence electrons. The molecule has 2 rings (SSSR count). The largest absolute Gasteiger partial charge is 0.341 e. The lowest BCUT2D eigenvalue weighted by Crippen LogP contribution is -2.62. The van der Waals surface area contributed by atoms with Gasteiger partial charge in [0.1, 0.15) is 0 Å².